The summed E-state index contributed by atoms with van der Waals surface area (Å²) in [6, 6.07) is 6.52. The third kappa shape index (κ3) is 3.55. The van der Waals surface area contributed by atoms with Gasteiger partial charge in [-0.15, -0.1) is 5.10 Å². The van der Waals surface area contributed by atoms with Crippen molar-refractivity contribution < 1.29 is 13.2 Å². The van der Waals surface area contributed by atoms with Gasteiger partial charge in [-0.25, -0.2) is 13.1 Å². The van der Waals surface area contributed by atoms with Gasteiger partial charge in [0.15, 0.2) is 9.84 Å². The minimum absolute atomic E-state index is 0.0194. The zero-order valence-electron chi connectivity index (χ0n) is 12.3. The summed E-state index contributed by atoms with van der Waals surface area (Å²) in [5.41, 5.74) is 0.209. The van der Waals surface area contributed by atoms with Gasteiger partial charge in [-0.05, 0) is 18.6 Å². The summed E-state index contributed by atoms with van der Waals surface area (Å²) in [4.78, 5) is 24.1. The number of rotatable bonds is 4. The molecule has 2 heterocycles. The number of aromatic nitrogens is 3. The average Bonchev–Trinajstić information content (AvgIpc) is 2.85. The number of amides is 1. The molecule has 1 aliphatic rings. The second-order valence-electron chi connectivity index (χ2n) is 5.55. The average molecular weight is 336 g/mol. The molecular weight excluding hydrogens is 320 g/mol. The minimum Gasteiger partial charge on any atom is -0.352 e. The van der Waals surface area contributed by atoms with Crippen LogP contribution in [-0.2, 0) is 21.2 Å². The third-order valence-electron chi connectivity index (χ3n) is 3.78. The van der Waals surface area contributed by atoms with Gasteiger partial charge in [0.05, 0.1) is 23.4 Å². The van der Waals surface area contributed by atoms with E-state index in [2.05, 4.69) is 15.6 Å². The van der Waals surface area contributed by atoms with Crippen molar-refractivity contribution in [3.63, 3.8) is 0 Å². The minimum atomic E-state index is -3.03. The summed E-state index contributed by atoms with van der Waals surface area (Å²) >= 11 is 0. The molecule has 1 aliphatic heterocycles. The van der Waals surface area contributed by atoms with Gasteiger partial charge in [0.1, 0.15) is 5.52 Å². The van der Waals surface area contributed by atoms with E-state index in [1.165, 1.54) is 0 Å². The molecule has 0 bridgehead atoms. The fraction of sp³-hybridized carbons (Fsp3) is 0.429. The highest BCUT2D eigenvalue weighted by Gasteiger charge is 2.28. The van der Waals surface area contributed by atoms with Crippen molar-refractivity contribution >= 4 is 26.6 Å². The van der Waals surface area contributed by atoms with Crippen LogP contribution in [0.25, 0.3) is 10.9 Å². The molecule has 3 rings (SSSR count). The van der Waals surface area contributed by atoms with Crippen LogP contribution < -0.4 is 10.9 Å². The predicted octanol–water partition coefficient (Wildman–Crippen LogP) is -0.515. The Labute approximate surface area is 132 Å². The van der Waals surface area contributed by atoms with Gasteiger partial charge in [0, 0.05) is 12.5 Å². The molecule has 1 N–H and O–H groups in total. The highest BCUT2D eigenvalue weighted by Crippen LogP contribution is 2.11. The van der Waals surface area contributed by atoms with Gasteiger partial charge < -0.3 is 5.32 Å². The number of benzene rings is 1. The summed E-state index contributed by atoms with van der Waals surface area (Å²) in [5.74, 6) is -0.212. The molecule has 1 atom stereocenters. The van der Waals surface area contributed by atoms with Gasteiger partial charge in [0.25, 0.3) is 5.56 Å². The van der Waals surface area contributed by atoms with Crippen molar-refractivity contribution in [2.75, 3.05) is 11.5 Å². The Hall–Kier alpha value is -2.29. The number of hydrogen-bond acceptors (Lipinski definition) is 6. The normalized spacial score (nSPS) is 19.7. The number of fused-ring (bicyclic) bond motifs is 1. The zero-order chi connectivity index (χ0) is 16.4. The monoisotopic (exact) mass is 336 g/mol. The van der Waals surface area contributed by atoms with Gasteiger partial charge in [-0.1, -0.05) is 17.3 Å². The van der Waals surface area contributed by atoms with E-state index < -0.39 is 9.84 Å². The molecule has 0 spiro atoms. The highest BCUT2D eigenvalue weighted by molar-refractivity contribution is 7.91. The lowest BCUT2D eigenvalue weighted by Gasteiger charge is -2.11. The van der Waals surface area contributed by atoms with E-state index in [-0.39, 0.29) is 42.0 Å². The molecule has 0 unspecified atom stereocenters. The molecule has 1 fully saturated rings. The van der Waals surface area contributed by atoms with Crippen molar-refractivity contribution in [1.82, 2.24) is 20.3 Å². The Morgan fingerprint density at radius 1 is 1.35 bits per heavy atom. The van der Waals surface area contributed by atoms with Crippen LogP contribution in [0.5, 0.6) is 0 Å². The lowest BCUT2D eigenvalue weighted by Crippen LogP contribution is -2.36. The quantitative estimate of drug-likeness (QED) is 0.804. The predicted molar refractivity (Wildman–Crippen MR) is 83.6 cm³/mol. The first kappa shape index (κ1) is 15.6. The molecule has 0 saturated carbocycles. The first-order valence-corrected chi connectivity index (χ1v) is 9.09. The van der Waals surface area contributed by atoms with Gasteiger partial charge >= 0.3 is 0 Å². The maximum absolute atomic E-state index is 12.2. The number of sulfone groups is 1. The fourth-order valence-electron chi connectivity index (χ4n) is 2.59. The Morgan fingerprint density at radius 2 is 2.13 bits per heavy atom. The Morgan fingerprint density at radius 3 is 2.87 bits per heavy atom. The SMILES string of the molecule is O=C(CCn1nnc2ccccc2c1=O)N[C@@H]1CCS(=O)(=O)C1. The lowest BCUT2D eigenvalue weighted by atomic mass is 10.2. The van der Waals surface area contributed by atoms with E-state index >= 15 is 0 Å². The van der Waals surface area contributed by atoms with E-state index in [0.29, 0.717) is 17.3 Å². The molecule has 9 heteroatoms. The molecule has 122 valence electrons. The largest absolute Gasteiger partial charge is 0.352 e. The smallest absolute Gasteiger partial charge is 0.277 e. The van der Waals surface area contributed by atoms with Gasteiger partial charge in [0.2, 0.25) is 5.91 Å². The number of aryl methyl sites for hydroxylation is 1. The maximum Gasteiger partial charge on any atom is 0.277 e. The molecular formula is C14H16N4O4S. The van der Waals surface area contributed by atoms with Crippen LogP contribution >= 0.6 is 0 Å². The Bertz CT molecular complexity index is 906. The number of carbonyl (C=O) groups excluding carboxylic acids is 1. The highest BCUT2D eigenvalue weighted by atomic mass is 32.2. The van der Waals surface area contributed by atoms with E-state index in [1.807, 2.05) is 0 Å². The van der Waals surface area contributed by atoms with Crippen LogP contribution in [0.1, 0.15) is 12.8 Å². The van der Waals surface area contributed by atoms with Crippen LogP contribution in [0.3, 0.4) is 0 Å². The van der Waals surface area contributed by atoms with Crippen molar-refractivity contribution in [2.45, 2.75) is 25.4 Å². The molecule has 1 aromatic carbocycles. The summed E-state index contributed by atoms with van der Waals surface area (Å²) in [5, 5.41) is 10.9. The number of hydrogen-bond donors (Lipinski definition) is 1. The molecule has 2 aromatic rings. The fourth-order valence-corrected chi connectivity index (χ4v) is 4.26. The number of carbonyl (C=O) groups is 1. The van der Waals surface area contributed by atoms with Crippen LogP contribution in [0, 0.1) is 0 Å². The van der Waals surface area contributed by atoms with Gasteiger partial charge in [-0.2, -0.15) is 0 Å². The van der Waals surface area contributed by atoms with Crippen LogP contribution in [-0.4, -0.2) is 46.9 Å². The second-order valence-corrected chi connectivity index (χ2v) is 7.78. The van der Waals surface area contributed by atoms with Crippen molar-refractivity contribution in [3.05, 3.63) is 34.6 Å². The van der Waals surface area contributed by atoms with Gasteiger partial charge in [-0.3, -0.25) is 9.59 Å². The Balaban J connectivity index is 1.63. The van der Waals surface area contributed by atoms with E-state index in [9.17, 15) is 18.0 Å². The number of nitrogens with one attached hydrogen (secondary N) is 1. The van der Waals surface area contributed by atoms with Crippen molar-refractivity contribution in [3.8, 4) is 0 Å². The molecule has 0 radical (unpaired) electrons. The van der Waals surface area contributed by atoms with Crippen LogP contribution in [0.2, 0.25) is 0 Å². The first-order chi connectivity index (χ1) is 10.9. The van der Waals surface area contributed by atoms with Crippen LogP contribution in [0.15, 0.2) is 29.1 Å². The first-order valence-electron chi connectivity index (χ1n) is 7.27. The van der Waals surface area contributed by atoms with Crippen molar-refractivity contribution in [2.24, 2.45) is 0 Å². The number of nitrogens with zero attached hydrogens (tertiary/aromatic N) is 3. The van der Waals surface area contributed by atoms with Crippen LogP contribution in [0.4, 0.5) is 0 Å². The molecule has 23 heavy (non-hydrogen) atoms. The zero-order valence-corrected chi connectivity index (χ0v) is 13.1. The summed E-state index contributed by atoms with van der Waals surface area (Å²) < 4.78 is 23.9. The van der Waals surface area contributed by atoms with E-state index in [0.717, 1.165) is 4.68 Å². The summed E-state index contributed by atoms with van der Waals surface area (Å²) in [7, 11) is -3.03. The molecule has 1 amide bonds. The topological polar surface area (TPSA) is 111 Å². The third-order valence-corrected chi connectivity index (χ3v) is 5.55. The maximum atomic E-state index is 12.2. The molecule has 1 saturated heterocycles. The Kier molecular flexibility index (Phi) is 4.12. The molecule has 0 aliphatic carbocycles. The van der Waals surface area contributed by atoms with E-state index in [1.54, 1.807) is 24.3 Å². The standard InChI is InChI=1S/C14H16N4O4S/c19-13(15-10-6-8-23(21,22)9-10)5-7-18-14(20)11-3-1-2-4-12(11)16-17-18/h1-4,10H,5-9H2,(H,15,19)/t10-/m1/s1. The van der Waals surface area contributed by atoms with E-state index in [4.69, 9.17) is 0 Å². The molecule has 8 nitrogen and oxygen atoms in total. The summed E-state index contributed by atoms with van der Waals surface area (Å²) in [6.45, 7) is 0.0992. The summed E-state index contributed by atoms with van der Waals surface area (Å²) in [6.07, 6.45) is 0.479. The lowest BCUT2D eigenvalue weighted by molar-refractivity contribution is -0.121. The second kappa shape index (κ2) is 6.07. The molecule has 1 aromatic heterocycles. The van der Waals surface area contributed by atoms with Crippen molar-refractivity contribution in [1.29, 1.82) is 0 Å².